The van der Waals surface area contributed by atoms with Crippen molar-refractivity contribution in [1.82, 2.24) is 9.97 Å². The van der Waals surface area contributed by atoms with E-state index in [4.69, 9.17) is 16.0 Å². The third-order valence-electron chi connectivity index (χ3n) is 4.14. The number of oxazole rings is 1. The van der Waals surface area contributed by atoms with Gasteiger partial charge in [-0.1, -0.05) is 23.7 Å². The van der Waals surface area contributed by atoms with Crippen LogP contribution in [-0.2, 0) is 4.79 Å². The summed E-state index contributed by atoms with van der Waals surface area (Å²) in [6, 6.07) is 14.5. The molecule has 4 aromatic rings. The normalized spacial score (nSPS) is 11.1. The van der Waals surface area contributed by atoms with Crippen molar-refractivity contribution in [3.63, 3.8) is 0 Å². The summed E-state index contributed by atoms with van der Waals surface area (Å²) in [5, 5.41) is 13.9. The van der Waals surface area contributed by atoms with Gasteiger partial charge < -0.3 is 9.73 Å². The standard InChI is InChI=1S/C21H13ClN4O4/c22-16-8-7-14(21-25-20-18(30-21)5-2-10-23-20)12-17(16)24-19(27)9-6-13-3-1-4-15(11-13)26(28)29/h1-12H,(H,24,27)/b9-6+. The zero-order valence-electron chi connectivity index (χ0n) is 15.3. The lowest BCUT2D eigenvalue weighted by Crippen LogP contribution is -2.08. The van der Waals surface area contributed by atoms with Gasteiger partial charge in [0.25, 0.3) is 5.69 Å². The van der Waals surface area contributed by atoms with E-state index in [-0.39, 0.29) is 5.69 Å². The van der Waals surface area contributed by atoms with Crippen LogP contribution < -0.4 is 5.32 Å². The molecule has 1 N–H and O–H groups in total. The topological polar surface area (TPSA) is 111 Å². The minimum atomic E-state index is -0.496. The smallest absolute Gasteiger partial charge is 0.270 e. The van der Waals surface area contributed by atoms with E-state index < -0.39 is 10.8 Å². The van der Waals surface area contributed by atoms with Gasteiger partial charge in [-0.2, -0.15) is 4.98 Å². The van der Waals surface area contributed by atoms with Crippen molar-refractivity contribution >= 4 is 46.2 Å². The number of fused-ring (bicyclic) bond motifs is 1. The molecule has 0 atom stereocenters. The molecule has 0 spiro atoms. The molecule has 0 aliphatic heterocycles. The molecule has 0 fully saturated rings. The SMILES string of the molecule is O=C(/C=C/c1cccc([N+](=O)[O-])c1)Nc1cc(-c2nc3ncccc3o2)ccc1Cl. The second-order valence-corrected chi connectivity index (χ2v) is 6.62. The van der Waals surface area contributed by atoms with Crippen LogP contribution in [0, 0.1) is 10.1 Å². The lowest BCUT2D eigenvalue weighted by molar-refractivity contribution is -0.384. The molecule has 0 aliphatic carbocycles. The Morgan fingerprint density at radius 1 is 1.17 bits per heavy atom. The van der Waals surface area contributed by atoms with E-state index in [0.717, 1.165) is 0 Å². The third kappa shape index (κ3) is 4.18. The Hall–Kier alpha value is -4.04. The van der Waals surface area contributed by atoms with Crippen LogP contribution in [0.2, 0.25) is 5.02 Å². The first kappa shape index (κ1) is 19.3. The highest BCUT2D eigenvalue weighted by molar-refractivity contribution is 6.34. The van der Waals surface area contributed by atoms with Gasteiger partial charge in [-0.05, 0) is 42.0 Å². The van der Waals surface area contributed by atoms with E-state index in [1.807, 2.05) is 0 Å². The number of nitrogens with zero attached hydrogens (tertiary/aromatic N) is 3. The molecule has 0 saturated carbocycles. The molecular weight excluding hydrogens is 408 g/mol. The Kier molecular flexibility index (Phi) is 5.23. The van der Waals surface area contributed by atoms with Gasteiger partial charge in [0.05, 0.1) is 15.6 Å². The van der Waals surface area contributed by atoms with Crippen LogP contribution in [0.15, 0.2) is 71.3 Å². The molecule has 0 unspecified atom stereocenters. The first-order valence-corrected chi connectivity index (χ1v) is 9.12. The molecule has 0 radical (unpaired) electrons. The van der Waals surface area contributed by atoms with Gasteiger partial charge >= 0.3 is 0 Å². The number of nitrogens with one attached hydrogen (secondary N) is 1. The molecule has 30 heavy (non-hydrogen) atoms. The summed E-state index contributed by atoms with van der Waals surface area (Å²) in [5.74, 6) is -0.0946. The van der Waals surface area contributed by atoms with E-state index in [1.165, 1.54) is 24.3 Å². The average Bonchev–Trinajstić information content (AvgIpc) is 3.18. The van der Waals surface area contributed by atoms with Crippen LogP contribution in [-0.4, -0.2) is 20.8 Å². The molecule has 0 aliphatic rings. The molecule has 8 nitrogen and oxygen atoms in total. The number of nitro groups is 1. The summed E-state index contributed by atoms with van der Waals surface area (Å²) >= 11 is 6.20. The van der Waals surface area contributed by atoms with Gasteiger partial charge in [0.2, 0.25) is 11.8 Å². The Bertz CT molecular complexity index is 1270. The molecule has 0 bridgehead atoms. The van der Waals surface area contributed by atoms with Crippen LogP contribution in [0.1, 0.15) is 5.56 Å². The summed E-state index contributed by atoms with van der Waals surface area (Å²) in [4.78, 5) is 31.1. The van der Waals surface area contributed by atoms with Gasteiger partial charge in [0, 0.05) is 30.0 Å². The molecule has 2 aromatic heterocycles. The van der Waals surface area contributed by atoms with E-state index in [1.54, 1.807) is 48.7 Å². The number of aromatic nitrogens is 2. The molecule has 0 saturated heterocycles. The predicted molar refractivity (Wildman–Crippen MR) is 113 cm³/mol. The lowest BCUT2D eigenvalue weighted by atomic mass is 10.2. The monoisotopic (exact) mass is 420 g/mol. The second-order valence-electron chi connectivity index (χ2n) is 6.21. The van der Waals surface area contributed by atoms with Crippen LogP contribution >= 0.6 is 11.6 Å². The molecule has 4 rings (SSSR count). The zero-order valence-corrected chi connectivity index (χ0v) is 16.0. The number of pyridine rings is 1. The number of nitro benzene ring substituents is 1. The summed E-state index contributed by atoms with van der Waals surface area (Å²) in [5.41, 5.74) is 2.49. The number of hydrogen-bond acceptors (Lipinski definition) is 6. The van der Waals surface area contributed by atoms with Crippen LogP contribution in [0.5, 0.6) is 0 Å². The van der Waals surface area contributed by atoms with E-state index >= 15 is 0 Å². The number of benzene rings is 2. The number of carbonyl (C=O) groups excluding carboxylic acids is 1. The fourth-order valence-corrected chi connectivity index (χ4v) is 2.90. The molecule has 2 heterocycles. The maximum Gasteiger partial charge on any atom is 0.270 e. The number of carbonyl (C=O) groups is 1. The summed E-state index contributed by atoms with van der Waals surface area (Å²) in [7, 11) is 0. The molecule has 2 aromatic carbocycles. The first-order chi connectivity index (χ1) is 14.5. The molecule has 1 amide bonds. The van der Waals surface area contributed by atoms with Crippen molar-refractivity contribution in [2.45, 2.75) is 0 Å². The first-order valence-electron chi connectivity index (χ1n) is 8.74. The van der Waals surface area contributed by atoms with Crippen LogP contribution in [0.25, 0.3) is 28.8 Å². The van der Waals surface area contributed by atoms with Gasteiger partial charge in [0.1, 0.15) is 0 Å². The largest absolute Gasteiger partial charge is 0.434 e. The number of non-ortho nitro benzene ring substituents is 1. The van der Waals surface area contributed by atoms with Gasteiger partial charge in [-0.3, -0.25) is 14.9 Å². The summed E-state index contributed by atoms with van der Waals surface area (Å²) in [6.45, 7) is 0. The Morgan fingerprint density at radius 2 is 2.03 bits per heavy atom. The molecule has 9 heteroatoms. The summed E-state index contributed by atoms with van der Waals surface area (Å²) in [6.07, 6.45) is 4.37. The minimum Gasteiger partial charge on any atom is -0.434 e. The van der Waals surface area contributed by atoms with Crippen molar-refractivity contribution in [3.05, 3.63) is 87.6 Å². The van der Waals surface area contributed by atoms with Gasteiger partial charge in [-0.15, -0.1) is 0 Å². The predicted octanol–water partition coefficient (Wildman–Crippen LogP) is 5.10. The van der Waals surface area contributed by atoms with Crippen molar-refractivity contribution in [2.24, 2.45) is 0 Å². The number of halogens is 1. The van der Waals surface area contributed by atoms with E-state index in [9.17, 15) is 14.9 Å². The van der Waals surface area contributed by atoms with Crippen molar-refractivity contribution in [3.8, 4) is 11.5 Å². The Balaban J connectivity index is 1.54. The summed E-state index contributed by atoms with van der Waals surface area (Å²) < 4.78 is 5.69. The fourth-order valence-electron chi connectivity index (χ4n) is 2.73. The Morgan fingerprint density at radius 3 is 2.83 bits per heavy atom. The Labute approximate surface area is 175 Å². The van der Waals surface area contributed by atoms with Crippen molar-refractivity contribution in [1.29, 1.82) is 0 Å². The maximum absolute atomic E-state index is 12.3. The van der Waals surface area contributed by atoms with Crippen LogP contribution in [0.3, 0.4) is 0 Å². The zero-order chi connectivity index (χ0) is 21.1. The molecule has 148 valence electrons. The number of amides is 1. The van der Waals surface area contributed by atoms with Gasteiger partial charge in [-0.25, -0.2) is 4.98 Å². The molecular formula is C21H13ClN4O4. The highest BCUT2D eigenvalue weighted by Crippen LogP contribution is 2.30. The van der Waals surface area contributed by atoms with E-state index in [0.29, 0.717) is 39.0 Å². The van der Waals surface area contributed by atoms with Crippen molar-refractivity contribution < 1.29 is 14.1 Å². The third-order valence-corrected chi connectivity index (χ3v) is 4.47. The van der Waals surface area contributed by atoms with E-state index in [2.05, 4.69) is 15.3 Å². The lowest BCUT2D eigenvalue weighted by Gasteiger charge is -2.06. The average molecular weight is 421 g/mol. The second kappa shape index (κ2) is 8.14. The van der Waals surface area contributed by atoms with Gasteiger partial charge in [0.15, 0.2) is 11.2 Å². The quantitative estimate of drug-likeness (QED) is 0.273. The number of rotatable bonds is 5. The number of hydrogen-bond donors (Lipinski definition) is 1. The minimum absolute atomic E-state index is 0.0545. The highest BCUT2D eigenvalue weighted by atomic mass is 35.5. The van der Waals surface area contributed by atoms with Crippen molar-refractivity contribution in [2.75, 3.05) is 5.32 Å². The maximum atomic E-state index is 12.3. The fraction of sp³-hybridized carbons (Fsp3) is 0. The van der Waals surface area contributed by atoms with Crippen LogP contribution in [0.4, 0.5) is 11.4 Å². The number of anilines is 1. The highest BCUT2D eigenvalue weighted by Gasteiger charge is 2.12.